The van der Waals surface area contributed by atoms with E-state index in [1.807, 2.05) is 13.0 Å². The molecule has 0 unspecified atom stereocenters. The summed E-state index contributed by atoms with van der Waals surface area (Å²) in [6.45, 7) is 4.83. The van der Waals surface area contributed by atoms with Crippen LogP contribution in [0, 0.1) is 6.92 Å². The molecular formula is C16H24N4O. The van der Waals surface area contributed by atoms with Crippen molar-refractivity contribution in [1.29, 1.82) is 0 Å². The van der Waals surface area contributed by atoms with Gasteiger partial charge in [-0.15, -0.1) is 0 Å². The molecule has 1 amide bonds. The van der Waals surface area contributed by atoms with Crippen LogP contribution >= 0.6 is 0 Å². The average Bonchev–Trinajstić information content (AvgIpc) is 2.48. The number of nitrogens with one attached hydrogen (secondary N) is 1. The Kier molecular flexibility index (Phi) is 3.85. The molecule has 21 heavy (non-hydrogen) atoms. The summed E-state index contributed by atoms with van der Waals surface area (Å²) < 4.78 is 0. The molecule has 1 aromatic heterocycles. The number of aromatic nitrogens is 1. The third kappa shape index (κ3) is 2.75. The first-order chi connectivity index (χ1) is 10.1. The molecule has 1 saturated heterocycles. The zero-order valence-corrected chi connectivity index (χ0v) is 12.7. The summed E-state index contributed by atoms with van der Waals surface area (Å²) in [6, 6.07) is 3.62. The van der Waals surface area contributed by atoms with Gasteiger partial charge in [-0.3, -0.25) is 4.79 Å². The highest BCUT2D eigenvalue weighted by molar-refractivity contribution is 5.93. The van der Waals surface area contributed by atoms with Crippen LogP contribution in [0.15, 0.2) is 12.1 Å². The van der Waals surface area contributed by atoms with Gasteiger partial charge >= 0.3 is 0 Å². The number of hydrogen-bond donors (Lipinski definition) is 2. The largest absolute Gasteiger partial charge is 0.366 e. The second kappa shape index (κ2) is 5.64. The normalized spacial score (nSPS) is 21.5. The third-order valence-electron chi connectivity index (χ3n) is 4.82. The highest BCUT2D eigenvalue weighted by atomic mass is 16.1. The number of pyridine rings is 1. The lowest BCUT2D eigenvalue weighted by Gasteiger charge is -2.50. The first-order valence-electron chi connectivity index (χ1n) is 7.88. The minimum absolute atomic E-state index is 0.159. The fraction of sp³-hybridized carbons (Fsp3) is 0.625. The standard InChI is InChI=1S/C16H24N4O/c1-12-9-13(15(17)21)10-14(19-12)20-8-7-18-11-16(20)5-3-2-4-6-16/h9-10,18H,2-8,11H2,1H3,(H2,17,21). The van der Waals surface area contributed by atoms with Crippen LogP contribution in [0.5, 0.6) is 0 Å². The minimum Gasteiger partial charge on any atom is -0.366 e. The van der Waals surface area contributed by atoms with Gasteiger partial charge in [0.1, 0.15) is 5.82 Å². The molecule has 1 saturated carbocycles. The van der Waals surface area contributed by atoms with E-state index < -0.39 is 0 Å². The lowest BCUT2D eigenvalue weighted by molar-refractivity contribution is 0.1000. The maximum absolute atomic E-state index is 11.5. The molecule has 1 spiro atoms. The molecule has 5 heteroatoms. The summed E-state index contributed by atoms with van der Waals surface area (Å²) in [4.78, 5) is 18.6. The molecule has 2 fully saturated rings. The van der Waals surface area contributed by atoms with Crippen LogP contribution in [-0.4, -0.2) is 36.1 Å². The molecule has 1 aromatic rings. The summed E-state index contributed by atoms with van der Waals surface area (Å²) in [6.07, 6.45) is 6.26. The number of carbonyl (C=O) groups excluding carboxylic acids is 1. The van der Waals surface area contributed by atoms with Crippen LogP contribution in [0.3, 0.4) is 0 Å². The SMILES string of the molecule is Cc1cc(C(N)=O)cc(N2CCNCC23CCCCC3)n1. The highest BCUT2D eigenvalue weighted by Crippen LogP contribution is 2.37. The van der Waals surface area contributed by atoms with Crippen LogP contribution in [-0.2, 0) is 0 Å². The molecule has 1 aliphatic carbocycles. The van der Waals surface area contributed by atoms with Gasteiger partial charge in [-0.1, -0.05) is 19.3 Å². The number of rotatable bonds is 2. The number of carbonyl (C=O) groups is 1. The number of primary amides is 1. The van der Waals surface area contributed by atoms with Gasteiger partial charge in [0.25, 0.3) is 0 Å². The van der Waals surface area contributed by atoms with Crippen molar-refractivity contribution in [2.45, 2.75) is 44.6 Å². The molecule has 5 nitrogen and oxygen atoms in total. The molecule has 0 atom stereocenters. The Morgan fingerprint density at radius 3 is 2.81 bits per heavy atom. The molecule has 0 bridgehead atoms. The molecule has 0 radical (unpaired) electrons. The van der Waals surface area contributed by atoms with Gasteiger partial charge in [0.2, 0.25) is 5.91 Å². The van der Waals surface area contributed by atoms with Crippen molar-refractivity contribution >= 4 is 11.7 Å². The maximum Gasteiger partial charge on any atom is 0.248 e. The number of aryl methyl sites for hydroxylation is 1. The first-order valence-corrected chi connectivity index (χ1v) is 7.88. The molecular weight excluding hydrogens is 264 g/mol. The van der Waals surface area contributed by atoms with Crippen molar-refractivity contribution in [2.24, 2.45) is 5.73 Å². The molecule has 114 valence electrons. The number of piperazine rings is 1. The number of amides is 1. The summed E-state index contributed by atoms with van der Waals surface area (Å²) in [5.41, 5.74) is 7.02. The summed E-state index contributed by atoms with van der Waals surface area (Å²) in [7, 11) is 0. The molecule has 3 rings (SSSR count). The van der Waals surface area contributed by atoms with Gasteiger partial charge in [-0.2, -0.15) is 0 Å². The van der Waals surface area contributed by atoms with Crippen molar-refractivity contribution in [3.05, 3.63) is 23.4 Å². The molecule has 3 N–H and O–H groups in total. The van der Waals surface area contributed by atoms with Crippen molar-refractivity contribution in [3.8, 4) is 0 Å². The Hall–Kier alpha value is -1.62. The van der Waals surface area contributed by atoms with E-state index in [0.29, 0.717) is 5.56 Å². The molecule has 2 aliphatic rings. The second-order valence-electron chi connectivity index (χ2n) is 6.33. The zero-order valence-electron chi connectivity index (χ0n) is 12.7. The Bertz CT molecular complexity index is 529. The minimum atomic E-state index is -0.380. The molecule has 0 aromatic carbocycles. The van der Waals surface area contributed by atoms with Crippen LogP contribution in [0.1, 0.15) is 48.2 Å². The quantitative estimate of drug-likeness (QED) is 0.867. The first kappa shape index (κ1) is 14.3. The maximum atomic E-state index is 11.5. The Balaban J connectivity index is 1.98. The van der Waals surface area contributed by atoms with Crippen molar-refractivity contribution in [3.63, 3.8) is 0 Å². The Morgan fingerprint density at radius 1 is 1.33 bits per heavy atom. The van der Waals surface area contributed by atoms with Crippen LogP contribution < -0.4 is 16.0 Å². The van der Waals surface area contributed by atoms with E-state index in [1.54, 1.807) is 6.07 Å². The topological polar surface area (TPSA) is 71.2 Å². The lowest BCUT2D eigenvalue weighted by atomic mass is 9.79. The number of anilines is 1. The zero-order chi connectivity index (χ0) is 14.9. The van der Waals surface area contributed by atoms with Gasteiger partial charge in [0, 0.05) is 30.9 Å². The summed E-state index contributed by atoms with van der Waals surface area (Å²) >= 11 is 0. The number of hydrogen-bond acceptors (Lipinski definition) is 4. The third-order valence-corrected chi connectivity index (χ3v) is 4.82. The van der Waals surface area contributed by atoms with Crippen LogP contribution in [0.25, 0.3) is 0 Å². The van der Waals surface area contributed by atoms with Crippen molar-refractivity contribution < 1.29 is 4.79 Å². The van der Waals surface area contributed by atoms with Gasteiger partial charge in [0.05, 0.1) is 5.54 Å². The number of nitrogens with two attached hydrogens (primary N) is 1. The predicted molar refractivity (Wildman–Crippen MR) is 83.5 cm³/mol. The van der Waals surface area contributed by atoms with Crippen LogP contribution in [0.4, 0.5) is 5.82 Å². The van der Waals surface area contributed by atoms with Gasteiger partial charge in [0.15, 0.2) is 0 Å². The summed E-state index contributed by atoms with van der Waals surface area (Å²) in [5.74, 6) is 0.529. The summed E-state index contributed by atoms with van der Waals surface area (Å²) in [5, 5.41) is 3.54. The van der Waals surface area contributed by atoms with Crippen LogP contribution in [0.2, 0.25) is 0 Å². The highest BCUT2D eigenvalue weighted by Gasteiger charge is 2.40. The van der Waals surface area contributed by atoms with Gasteiger partial charge in [-0.05, 0) is 31.9 Å². The lowest BCUT2D eigenvalue weighted by Crippen LogP contribution is -2.62. The smallest absolute Gasteiger partial charge is 0.248 e. The average molecular weight is 288 g/mol. The van der Waals surface area contributed by atoms with Crippen molar-refractivity contribution in [2.75, 3.05) is 24.5 Å². The van der Waals surface area contributed by atoms with Gasteiger partial charge < -0.3 is 16.0 Å². The van der Waals surface area contributed by atoms with E-state index in [1.165, 1.54) is 32.1 Å². The Morgan fingerprint density at radius 2 is 2.10 bits per heavy atom. The monoisotopic (exact) mass is 288 g/mol. The second-order valence-corrected chi connectivity index (χ2v) is 6.33. The van der Waals surface area contributed by atoms with Crippen molar-refractivity contribution in [1.82, 2.24) is 10.3 Å². The van der Waals surface area contributed by atoms with E-state index >= 15 is 0 Å². The van der Waals surface area contributed by atoms with E-state index in [4.69, 9.17) is 5.73 Å². The fourth-order valence-corrected chi connectivity index (χ4v) is 3.79. The Labute approximate surface area is 125 Å². The van der Waals surface area contributed by atoms with E-state index in [9.17, 15) is 4.79 Å². The van der Waals surface area contributed by atoms with Gasteiger partial charge in [-0.25, -0.2) is 4.98 Å². The van der Waals surface area contributed by atoms with E-state index in [-0.39, 0.29) is 11.4 Å². The predicted octanol–water partition coefficient (Wildman–Crippen LogP) is 1.60. The van der Waals surface area contributed by atoms with E-state index in [2.05, 4.69) is 15.2 Å². The molecule has 1 aliphatic heterocycles. The fourth-order valence-electron chi connectivity index (χ4n) is 3.79. The number of nitrogens with zero attached hydrogens (tertiary/aromatic N) is 2. The van der Waals surface area contributed by atoms with E-state index in [0.717, 1.165) is 31.1 Å². The molecule has 2 heterocycles.